The zero-order valence-corrected chi connectivity index (χ0v) is 22.5. The summed E-state index contributed by atoms with van der Waals surface area (Å²) in [5.41, 5.74) is 6.29. The van der Waals surface area contributed by atoms with Crippen LogP contribution in [0.4, 0.5) is 27.3 Å². The first-order chi connectivity index (χ1) is 19.1. The Balaban J connectivity index is 1.49. The number of aromatic nitrogens is 2. The molecule has 2 aliphatic heterocycles. The smallest absolute Gasteiger partial charge is 0.179 e. The van der Waals surface area contributed by atoms with Crippen LogP contribution < -0.4 is 10.2 Å². The number of aliphatic imine (C=N–C) groups is 2. The zero-order valence-electron chi connectivity index (χ0n) is 20.9. The quantitative estimate of drug-likeness (QED) is 0.237. The molecule has 0 spiro atoms. The van der Waals surface area contributed by atoms with Gasteiger partial charge in [0, 0.05) is 15.7 Å². The number of hydrogen-bond acceptors (Lipinski definition) is 5. The highest BCUT2D eigenvalue weighted by Gasteiger charge is 2.41. The molecule has 8 heteroatoms. The van der Waals surface area contributed by atoms with Crippen LogP contribution in [0.1, 0.15) is 22.9 Å². The van der Waals surface area contributed by atoms with E-state index < -0.39 is 0 Å². The molecule has 0 saturated heterocycles. The number of rotatable bonds is 3. The summed E-state index contributed by atoms with van der Waals surface area (Å²) in [4.78, 5) is 12.4. The van der Waals surface area contributed by atoms with Crippen molar-refractivity contribution in [3.63, 3.8) is 0 Å². The van der Waals surface area contributed by atoms with Gasteiger partial charge >= 0.3 is 0 Å². The Bertz CT molecular complexity index is 1760. The van der Waals surface area contributed by atoms with Crippen molar-refractivity contribution in [3.05, 3.63) is 130 Å². The van der Waals surface area contributed by atoms with Crippen LogP contribution >= 0.6 is 15.9 Å². The van der Waals surface area contributed by atoms with Gasteiger partial charge in [-0.05, 0) is 73.2 Å². The van der Waals surface area contributed by atoms with Crippen LogP contribution in [0.25, 0.3) is 5.69 Å². The van der Waals surface area contributed by atoms with Crippen molar-refractivity contribution < 1.29 is 4.39 Å². The molecule has 0 fully saturated rings. The number of fused-ring (bicyclic) bond motifs is 4. The van der Waals surface area contributed by atoms with E-state index in [1.54, 1.807) is 0 Å². The number of hydrogen-bond donors (Lipinski definition) is 1. The molecule has 0 aliphatic carbocycles. The van der Waals surface area contributed by atoms with Crippen molar-refractivity contribution in [3.8, 4) is 5.69 Å². The van der Waals surface area contributed by atoms with Gasteiger partial charge in [-0.15, -0.1) is 0 Å². The standard InChI is InChI=1S/C31H22BrFN6/c1-19-27-28(20-11-15-22(33)16-12-20)38-26-10-6-5-9-25(26)35-29(34-23-17-13-21(32)14-18-23)31(38)36-30(27)39(37-19)24-7-3-2-4-8-24/h2-18,28H,1H3,(H,34,35). The topological polar surface area (TPSA) is 57.8 Å². The maximum absolute atomic E-state index is 14.1. The van der Waals surface area contributed by atoms with Gasteiger partial charge in [0.1, 0.15) is 5.82 Å². The Morgan fingerprint density at radius 3 is 2.31 bits per heavy atom. The highest BCUT2D eigenvalue weighted by atomic mass is 79.9. The molecule has 190 valence electrons. The van der Waals surface area contributed by atoms with Crippen LogP contribution in [0.5, 0.6) is 0 Å². The third-order valence-corrected chi connectivity index (χ3v) is 7.46. The predicted octanol–water partition coefficient (Wildman–Crippen LogP) is 7.88. The summed E-state index contributed by atoms with van der Waals surface area (Å²) in [6.07, 6.45) is 0. The molecule has 0 saturated carbocycles. The molecule has 4 aromatic carbocycles. The lowest BCUT2D eigenvalue weighted by atomic mass is 9.93. The van der Waals surface area contributed by atoms with E-state index in [0.717, 1.165) is 49.9 Å². The maximum atomic E-state index is 14.1. The van der Waals surface area contributed by atoms with Gasteiger partial charge in [-0.1, -0.05) is 58.4 Å². The molecule has 1 atom stereocenters. The number of anilines is 2. The van der Waals surface area contributed by atoms with E-state index in [4.69, 9.17) is 15.1 Å². The monoisotopic (exact) mass is 576 g/mol. The van der Waals surface area contributed by atoms with E-state index in [1.807, 2.05) is 103 Å². The van der Waals surface area contributed by atoms with E-state index >= 15 is 0 Å². The van der Waals surface area contributed by atoms with E-state index in [1.165, 1.54) is 12.1 Å². The van der Waals surface area contributed by atoms with E-state index in [0.29, 0.717) is 11.7 Å². The molecule has 0 radical (unpaired) electrons. The number of halogens is 2. The minimum Gasteiger partial charge on any atom is -0.337 e. The van der Waals surface area contributed by atoms with Gasteiger partial charge in [0.15, 0.2) is 17.5 Å². The van der Waals surface area contributed by atoms with E-state index in [-0.39, 0.29) is 11.9 Å². The Labute approximate surface area is 233 Å². The molecular formula is C31H22BrFN6. The molecule has 3 heterocycles. The van der Waals surface area contributed by atoms with Gasteiger partial charge in [0.2, 0.25) is 0 Å². The third kappa shape index (κ3) is 4.04. The Morgan fingerprint density at radius 2 is 1.54 bits per heavy atom. The fourth-order valence-electron chi connectivity index (χ4n) is 5.18. The van der Waals surface area contributed by atoms with Gasteiger partial charge in [0.05, 0.1) is 28.8 Å². The normalized spacial score (nSPS) is 15.6. The number of para-hydroxylation sites is 3. The fourth-order valence-corrected chi connectivity index (χ4v) is 5.44. The molecule has 7 rings (SSSR count). The Hall–Kier alpha value is -4.56. The lowest BCUT2D eigenvalue weighted by Gasteiger charge is -2.40. The molecule has 1 unspecified atom stereocenters. The summed E-state index contributed by atoms with van der Waals surface area (Å²) in [5.74, 6) is 1.73. The second kappa shape index (κ2) is 9.32. The number of nitrogens with one attached hydrogen (secondary N) is 1. The highest BCUT2D eigenvalue weighted by molar-refractivity contribution is 9.10. The third-order valence-electron chi connectivity index (χ3n) is 6.93. The van der Waals surface area contributed by atoms with E-state index in [2.05, 4.69) is 26.1 Å². The second-order valence-corrected chi connectivity index (χ2v) is 10.3. The van der Waals surface area contributed by atoms with Crippen LogP contribution in [0, 0.1) is 12.7 Å². The predicted molar refractivity (Wildman–Crippen MR) is 157 cm³/mol. The molecule has 2 aliphatic rings. The number of nitrogens with zero attached hydrogens (tertiary/aromatic N) is 5. The zero-order chi connectivity index (χ0) is 26.5. The van der Waals surface area contributed by atoms with Gasteiger partial charge in [0.25, 0.3) is 0 Å². The van der Waals surface area contributed by atoms with Crippen molar-refractivity contribution in [1.82, 2.24) is 9.78 Å². The minimum atomic E-state index is -0.302. The molecule has 0 bridgehead atoms. The van der Waals surface area contributed by atoms with Gasteiger partial charge in [-0.2, -0.15) is 5.10 Å². The lowest BCUT2D eigenvalue weighted by molar-refractivity contribution is 0.626. The van der Waals surface area contributed by atoms with E-state index in [9.17, 15) is 4.39 Å². The van der Waals surface area contributed by atoms with Crippen LogP contribution in [-0.2, 0) is 0 Å². The molecular weight excluding hydrogens is 555 g/mol. The highest BCUT2D eigenvalue weighted by Crippen LogP contribution is 2.48. The first kappa shape index (κ1) is 23.5. The number of amidine groups is 2. The molecule has 6 nitrogen and oxygen atoms in total. The number of benzene rings is 4. The SMILES string of the molecule is Cc1nn(-c2ccccc2)c2c1C(c1ccc(F)cc1)N1C(=N2)C(Nc2ccc(Br)cc2)=Nc2ccccc21. The molecule has 5 aromatic rings. The van der Waals surface area contributed by atoms with Crippen LogP contribution in [0.3, 0.4) is 0 Å². The Kier molecular flexibility index (Phi) is 5.63. The lowest BCUT2D eigenvalue weighted by Crippen LogP contribution is -2.46. The van der Waals surface area contributed by atoms with Crippen molar-refractivity contribution >= 4 is 50.5 Å². The molecule has 1 aromatic heterocycles. The van der Waals surface area contributed by atoms with Gasteiger partial charge < -0.3 is 10.2 Å². The van der Waals surface area contributed by atoms with Gasteiger partial charge in [-0.3, -0.25) is 0 Å². The summed E-state index contributed by atoms with van der Waals surface area (Å²) in [6, 6.07) is 32.3. The second-order valence-electron chi connectivity index (χ2n) is 9.41. The summed E-state index contributed by atoms with van der Waals surface area (Å²) in [7, 11) is 0. The average Bonchev–Trinajstić information content (AvgIpc) is 3.30. The summed E-state index contributed by atoms with van der Waals surface area (Å²) >= 11 is 3.51. The average molecular weight is 577 g/mol. The Morgan fingerprint density at radius 1 is 0.821 bits per heavy atom. The first-order valence-electron chi connectivity index (χ1n) is 12.6. The van der Waals surface area contributed by atoms with Crippen LogP contribution in [-0.4, -0.2) is 21.5 Å². The molecule has 1 N–H and O–H groups in total. The summed E-state index contributed by atoms with van der Waals surface area (Å²) in [6.45, 7) is 2.00. The summed E-state index contributed by atoms with van der Waals surface area (Å²) in [5, 5.41) is 8.42. The minimum absolute atomic E-state index is 0.279. The van der Waals surface area contributed by atoms with Crippen molar-refractivity contribution in [1.29, 1.82) is 0 Å². The molecule has 39 heavy (non-hydrogen) atoms. The van der Waals surface area contributed by atoms with Crippen molar-refractivity contribution in [2.24, 2.45) is 9.98 Å². The largest absolute Gasteiger partial charge is 0.337 e. The fraction of sp³-hybridized carbons (Fsp3) is 0.0645. The first-order valence-corrected chi connectivity index (χ1v) is 13.3. The number of aryl methyl sites for hydroxylation is 1. The van der Waals surface area contributed by atoms with Crippen molar-refractivity contribution in [2.75, 3.05) is 10.2 Å². The van der Waals surface area contributed by atoms with Crippen LogP contribution in [0.2, 0.25) is 0 Å². The maximum Gasteiger partial charge on any atom is 0.179 e. The van der Waals surface area contributed by atoms with Crippen molar-refractivity contribution in [2.45, 2.75) is 13.0 Å². The van der Waals surface area contributed by atoms with Crippen LogP contribution in [0.15, 0.2) is 118 Å². The summed E-state index contributed by atoms with van der Waals surface area (Å²) < 4.78 is 16.9. The molecule has 0 amide bonds. The van der Waals surface area contributed by atoms with Gasteiger partial charge in [-0.25, -0.2) is 19.1 Å².